The number of hydrogen-bond donors (Lipinski definition) is 0. The van der Waals surface area contributed by atoms with Gasteiger partial charge in [0.25, 0.3) is 5.91 Å². The standard InChI is InChI=1S/C20H22N2O3S/c1-13-6-5-7-16(8-13)21-20-22(12-14(2)26-20)19(23)15-9-17(24-3)11-18(10-15)25-4/h5-11,14H,12H2,1-4H3/t14-/m1/s1. The van der Waals surface area contributed by atoms with E-state index in [0.29, 0.717) is 23.6 Å². The van der Waals surface area contributed by atoms with E-state index in [0.717, 1.165) is 16.4 Å². The first-order valence-corrected chi connectivity index (χ1v) is 9.25. The molecule has 1 amide bonds. The van der Waals surface area contributed by atoms with E-state index >= 15 is 0 Å². The van der Waals surface area contributed by atoms with Gasteiger partial charge in [-0.3, -0.25) is 9.69 Å². The molecule has 0 radical (unpaired) electrons. The summed E-state index contributed by atoms with van der Waals surface area (Å²) in [7, 11) is 3.14. The number of carbonyl (C=O) groups excluding carboxylic acids is 1. The molecule has 26 heavy (non-hydrogen) atoms. The first-order valence-electron chi connectivity index (χ1n) is 8.37. The van der Waals surface area contributed by atoms with Gasteiger partial charge in [0.2, 0.25) is 0 Å². The highest BCUT2D eigenvalue weighted by Gasteiger charge is 2.32. The molecule has 1 heterocycles. The molecule has 136 valence electrons. The Labute approximate surface area is 158 Å². The van der Waals surface area contributed by atoms with Crippen molar-refractivity contribution in [3.8, 4) is 11.5 Å². The molecule has 0 spiro atoms. The number of aliphatic imine (C=N–C) groups is 1. The maximum atomic E-state index is 13.1. The molecule has 1 atom stereocenters. The van der Waals surface area contributed by atoms with E-state index in [1.807, 2.05) is 31.2 Å². The Kier molecular flexibility index (Phi) is 5.52. The predicted molar refractivity (Wildman–Crippen MR) is 106 cm³/mol. The van der Waals surface area contributed by atoms with Crippen molar-refractivity contribution >= 4 is 28.5 Å². The van der Waals surface area contributed by atoms with E-state index < -0.39 is 0 Å². The van der Waals surface area contributed by atoms with Gasteiger partial charge in [-0.15, -0.1) is 0 Å². The molecule has 0 aliphatic carbocycles. The Hall–Kier alpha value is -2.47. The summed E-state index contributed by atoms with van der Waals surface area (Å²) in [6, 6.07) is 13.1. The third-order valence-corrected chi connectivity index (χ3v) is 5.12. The van der Waals surface area contributed by atoms with Crippen molar-refractivity contribution in [1.82, 2.24) is 4.90 Å². The van der Waals surface area contributed by atoms with Gasteiger partial charge in [0.1, 0.15) is 11.5 Å². The van der Waals surface area contributed by atoms with Crippen LogP contribution in [-0.2, 0) is 0 Å². The molecule has 5 nitrogen and oxygen atoms in total. The Balaban J connectivity index is 1.94. The summed E-state index contributed by atoms with van der Waals surface area (Å²) in [6.07, 6.45) is 0. The number of amides is 1. The van der Waals surface area contributed by atoms with Gasteiger partial charge in [0, 0.05) is 23.4 Å². The summed E-state index contributed by atoms with van der Waals surface area (Å²) >= 11 is 1.61. The van der Waals surface area contributed by atoms with Crippen molar-refractivity contribution in [2.75, 3.05) is 20.8 Å². The van der Waals surface area contributed by atoms with Crippen molar-refractivity contribution < 1.29 is 14.3 Å². The molecule has 0 N–H and O–H groups in total. The first-order chi connectivity index (χ1) is 12.5. The SMILES string of the molecule is COc1cc(OC)cc(C(=O)N2C[C@@H](C)SC2=Nc2cccc(C)c2)c1. The van der Waals surface area contributed by atoms with E-state index in [1.165, 1.54) is 0 Å². The molecule has 6 heteroatoms. The average molecular weight is 370 g/mol. The second kappa shape index (κ2) is 7.83. The molecule has 0 saturated carbocycles. The largest absolute Gasteiger partial charge is 0.497 e. The molecule has 1 aliphatic rings. The number of thioether (sulfide) groups is 1. The molecular weight excluding hydrogens is 348 g/mol. The lowest BCUT2D eigenvalue weighted by atomic mass is 10.1. The maximum Gasteiger partial charge on any atom is 0.260 e. The minimum absolute atomic E-state index is 0.106. The number of methoxy groups -OCH3 is 2. The monoisotopic (exact) mass is 370 g/mol. The number of benzene rings is 2. The summed E-state index contributed by atoms with van der Waals surface area (Å²) in [5, 5.41) is 1.00. The summed E-state index contributed by atoms with van der Waals surface area (Å²) < 4.78 is 10.6. The van der Waals surface area contributed by atoms with Crippen molar-refractivity contribution in [1.29, 1.82) is 0 Å². The van der Waals surface area contributed by atoms with Crippen LogP contribution in [0.15, 0.2) is 47.5 Å². The van der Waals surface area contributed by atoms with Crippen LogP contribution in [0.2, 0.25) is 0 Å². The van der Waals surface area contributed by atoms with Crippen LogP contribution in [-0.4, -0.2) is 42.0 Å². The van der Waals surface area contributed by atoms with Crippen LogP contribution < -0.4 is 9.47 Å². The number of carbonyl (C=O) groups is 1. The zero-order valence-corrected chi connectivity index (χ0v) is 16.2. The van der Waals surface area contributed by atoms with Gasteiger partial charge in [-0.1, -0.05) is 30.8 Å². The topological polar surface area (TPSA) is 51.1 Å². The van der Waals surface area contributed by atoms with E-state index in [9.17, 15) is 4.79 Å². The summed E-state index contributed by atoms with van der Waals surface area (Å²) in [6.45, 7) is 4.74. The number of aryl methyl sites for hydroxylation is 1. The van der Waals surface area contributed by atoms with Crippen LogP contribution in [0.3, 0.4) is 0 Å². The number of ether oxygens (including phenoxy) is 2. The van der Waals surface area contributed by atoms with E-state index in [2.05, 4.69) is 6.92 Å². The number of hydrogen-bond acceptors (Lipinski definition) is 5. The average Bonchev–Trinajstić information content (AvgIpc) is 3.00. The molecule has 1 fully saturated rings. The number of amidine groups is 1. The third kappa shape index (κ3) is 4.02. The first kappa shape index (κ1) is 18.3. The molecule has 1 aliphatic heterocycles. The van der Waals surface area contributed by atoms with Gasteiger partial charge in [-0.2, -0.15) is 0 Å². The Morgan fingerprint density at radius 3 is 2.46 bits per heavy atom. The van der Waals surface area contributed by atoms with Gasteiger partial charge < -0.3 is 9.47 Å². The fraction of sp³-hybridized carbons (Fsp3) is 0.300. The third-order valence-electron chi connectivity index (χ3n) is 4.05. The van der Waals surface area contributed by atoms with Crippen LogP contribution in [0.1, 0.15) is 22.8 Å². The fourth-order valence-corrected chi connectivity index (χ4v) is 3.79. The van der Waals surface area contributed by atoms with E-state index in [1.54, 1.807) is 49.1 Å². The zero-order valence-electron chi connectivity index (χ0n) is 15.4. The quantitative estimate of drug-likeness (QED) is 0.806. The smallest absolute Gasteiger partial charge is 0.260 e. The Bertz CT molecular complexity index is 828. The predicted octanol–water partition coefficient (Wildman–Crippen LogP) is 4.28. The van der Waals surface area contributed by atoms with E-state index in [-0.39, 0.29) is 11.2 Å². The van der Waals surface area contributed by atoms with Crippen LogP contribution in [0.4, 0.5) is 5.69 Å². The van der Waals surface area contributed by atoms with Crippen LogP contribution in [0.25, 0.3) is 0 Å². The van der Waals surface area contributed by atoms with Crippen molar-refractivity contribution in [3.63, 3.8) is 0 Å². The van der Waals surface area contributed by atoms with Gasteiger partial charge in [0.15, 0.2) is 5.17 Å². The zero-order chi connectivity index (χ0) is 18.7. The molecule has 3 rings (SSSR count). The van der Waals surface area contributed by atoms with Gasteiger partial charge >= 0.3 is 0 Å². The summed E-state index contributed by atoms with van der Waals surface area (Å²) in [4.78, 5) is 19.5. The molecule has 1 saturated heterocycles. The molecule has 2 aromatic rings. The normalized spacial score (nSPS) is 18.2. The van der Waals surface area contributed by atoms with Crippen LogP contribution >= 0.6 is 11.8 Å². The number of nitrogens with zero attached hydrogens (tertiary/aromatic N) is 2. The number of rotatable bonds is 4. The molecular formula is C20H22N2O3S. The van der Waals surface area contributed by atoms with Crippen molar-refractivity contribution in [3.05, 3.63) is 53.6 Å². The fourth-order valence-electron chi connectivity index (χ4n) is 2.77. The molecule has 0 unspecified atom stereocenters. The van der Waals surface area contributed by atoms with Crippen molar-refractivity contribution in [2.24, 2.45) is 4.99 Å². The lowest BCUT2D eigenvalue weighted by Gasteiger charge is -2.17. The Morgan fingerprint density at radius 2 is 1.85 bits per heavy atom. The van der Waals surface area contributed by atoms with Gasteiger partial charge in [-0.05, 0) is 36.8 Å². The highest BCUT2D eigenvalue weighted by molar-refractivity contribution is 8.14. The molecule has 0 bridgehead atoms. The summed E-state index contributed by atoms with van der Waals surface area (Å²) in [5.74, 6) is 1.07. The van der Waals surface area contributed by atoms with E-state index in [4.69, 9.17) is 14.5 Å². The lowest BCUT2D eigenvalue weighted by Crippen LogP contribution is -2.32. The van der Waals surface area contributed by atoms with Crippen LogP contribution in [0.5, 0.6) is 11.5 Å². The van der Waals surface area contributed by atoms with Crippen LogP contribution in [0, 0.1) is 6.92 Å². The minimum Gasteiger partial charge on any atom is -0.497 e. The Morgan fingerprint density at radius 1 is 1.15 bits per heavy atom. The van der Waals surface area contributed by atoms with Crippen molar-refractivity contribution in [2.45, 2.75) is 19.1 Å². The minimum atomic E-state index is -0.106. The summed E-state index contributed by atoms with van der Waals surface area (Å²) in [5.41, 5.74) is 2.51. The van der Waals surface area contributed by atoms with Gasteiger partial charge in [-0.25, -0.2) is 4.99 Å². The molecule has 0 aromatic heterocycles. The second-order valence-corrected chi connectivity index (χ2v) is 7.58. The molecule has 2 aromatic carbocycles. The second-order valence-electron chi connectivity index (χ2n) is 6.18. The highest BCUT2D eigenvalue weighted by Crippen LogP contribution is 2.31. The van der Waals surface area contributed by atoms with Gasteiger partial charge in [0.05, 0.1) is 19.9 Å². The highest BCUT2D eigenvalue weighted by atomic mass is 32.2. The maximum absolute atomic E-state index is 13.1. The lowest BCUT2D eigenvalue weighted by molar-refractivity contribution is 0.0854.